The molecule has 6 nitrogen and oxygen atoms in total. The van der Waals surface area contributed by atoms with Crippen molar-refractivity contribution in [1.82, 2.24) is 0 Å². The summed E-state index contributed by atoms with van der Waals surface area (Å²) in [5, 5.41) is 0. The smallest absolute Gasteiger partial charge is 0.461 e. The third kappa shape index (κ3) is 2.25. The number of phosphoric ester groups is 1. The Labute approximate surface area is 99.5 Å². The molecule has 0 saturated carbocycles. The molecule has 0 aromatic heterocycles. The van der Waals surface area contributed by atoms with Gasteiger partial charge in [0.2, 0.25) is 0 Å². The van der Waals surface area contributed by atoms with Crippen LogP contribution < -0.4 is 0 Å². The van der Waals surface area contributed by atoms with E-state index in [1.165, 1.54) is 7.11 Å². The van der Waals surface area contributed by atoms with Crippen LogP contribution in [0.15, 0.2) is 11.3 Å². The quantitative estimate of drug-likeness (QED) is 0.559. The highest BCUT2D eigenvalue weighted by atomic mass is 31.2. The van der Waals surface area contributed by atoms with E-state index >= 15 is 0 Å². The van der Waals surface area contributed by atoms with Gasteiger partial charge < -0.3 is 9.26 Å². The van der Waals surface area contributed by atoms with E-state index in [2.05, 4.69) is 0 Å². The van der Waals surface area contributed by atoms with Crippen LogP contribution in [-0.2, 0) is 27.7 Å². The maximum absolute atomic E-state index is 12.0. The van der Waals surface area contributed by atoms with Crippen LogP contribution in [0.5, 0.6) is 0 Å². The zero-order valence-corrected chi connectivity index (χ0v) is 10.9. The van der Waals surface area contributed by atoms with E-state index in [4.69, 9.17) is 18.3 Å². The van der Waals surface area contributed by atoms with Gasteiger partial charge in [0.15, 0.2) is 0 Å². The molecule has 0 N–H and O–H groups in total. The normalized spacial score (nSPS) is 33.2. The summed E-state index contributed by atoms with van der Waals surface area (Å²) in [5.74, 6) is -0.402. The molecule has 0 amide bonds. The molecule has 96 valence electrons. The molecule has 0 radical (unpaired) electrons. The van der Waals surface area contributed by atoms with Gasteiger partial charge in [-0.15, -0.1) is 0 Å². The second kappa shape index (κ2) is 4.44. The SMILES string of the molecule is COP1(=O)OCC2COC(=O)C2=C(C(C)C)O1. The van der Waals surface area contributed by atoms with Crippen LogP contribution in [0, 0.1) is 11.8 Å². The molecule has 1 saturated heterocycles. The highest BCUT2D eigenvalue weighted by Gasteiger charge is 2.43. The summed E-state index contributed by atoms with van der Waals surface area (Å²) in [6.45, 7) is 4.02. The summed E-state index contributed by atoms with van der Waals surface area (Å²) < 4.78 is 32.1. The zero-order valence-electron chi connectivity index (χ0n) is 9.97. The molecule has 7 heteroatoms. The number of ether oxygens (including phenoxy) is 1. The van der Waals surface area contributed by atoms with Gasteiger partial charge in [-0.25, -0.2) is 9.36 Å². The summed E-state index contributed by atoms with van der Waals surface area (Å²) in [4.78, 5) is 11.6. The lowest BCUT2D eigenvalue weighted by molar-refractivity contribution is -0.135. The van der Waals surface area contributed by atoms with Gasteiger partial charge in [-0.1, -0.05) is 13.8 Å². The fourth-order valence-electron chi connectivity index (χ4n) is 1.82. The minimum atomic E-state index is -3.59. The zero-order chi connectivity index (χ0) is 12.6. The van der Waals surface area contributed by atoms with Gasteiger partial charge in [-0.3, -0.25) is 9.05 Å². The topological polar surface area (TPSA) is 71.1 Å². The van der Waals surface area contributed by atoms with Crippen LogP contribution in [-0.4, -0.2) is 26.3 Å². The van der Waals surface area contributed by atoms with Crippen LogP contribution >= 0.6 is 7.82 Å². The van der Waals surface area contributed by atoms with E-state index in [1.54, 1.807) is 0 Å². The summed E-state index contributed by atoms with van der Waals surface area (Å²) in [5.41, 5.74) is 0.426. The maximum atomic E-state index is 12.0. The van der Waals surface area contributed by atoms with E-state index < -0.39 is 13.8 Å². The molecule has 17 heavy (non-hydrogen) atoms. The molecule has 0 aromatic rings. The molecule has 2 aliphatic rings. The van der Waals surface area contributed by atoms with Gasteiger partial charge in [-0.05, 0) is 0 Å². The molecule has 2 unspecified atom stereocenters. The van der Waals surface area contributed by atoms with E-state index in [9.17, 15) is 9.36 Å². The number of carbonyl (C=O) groups excluding carboxylic acids is 1. The first kappa shape index (κ1) is 12.6. The summed E-state index contributed by atoms with van der Waals surface area (Å²) in [6, 6.07) is 0. The van der Waals surface area contributed by atoms with Crippen molar-refractivity contribution in [2.45, 2.75) is 13.8 Å². The van der Waals surface area contributed by atoms with Crippen molar-refractivity contribution in [3.63, 3.8) is 0 Å². The Hall–Kier alpha value is -0.840. The van der Waals surface area contributed by atoms with Crippen molar-refractivity contribution < 1.29 is 27.7 Å². The summed E-state index contributed by atoms with van der Waals surface area (Å²) >= 11 is 0. The van der Waals surface area contributed by atoms with E-state index in [0.717, 1.165) is 0 Å². The Kier molecular flexibility index (Phi) is 3.30. The van der Waals surface area contributed by atoms with E-state index in [1.807, 2.05) is 13.8 Å². The highest BCUT2D eigenvalue weighted by Crippen LogP contribution is 2.55. The lowest BCUT2D eigenvalue weighted by Gasteiger charge is -2.18. The molecule has 0 aromatic carbocycles. The predicted molar refractivity (Wildman–Crippen MR) is 58.0 cm³/mol. The number of allylic oxidation sites excluding steroid dienone is 1. The molecule has 1 fully saturated rings. The maximum Gasteiger partial charge on any atom is 0.529 e. The van der Waals surface area contributed by atoms with Crippen LogP contribution in [0.4, 0.5) is 0 Å². The molecule has 2 aliphatic heterocycles. The number of esters is 1. The van der Waals surface area contributed by atoms with Gasteiger partial charge in [0, 0.05) is 13.0 Å². The lowest BCUT2D eigenvalue weighted by atomic mass is 9.97. The fourth-order valence-corrected chi connectivity index (χ4v) is 2.97. The molecular formula is C10H15O6P. The molecule has 0 aliphatic carbocycles. The Morgan fingerprint density at radius 3 is 2.71 bits per heavy atom. The average molecular weight is 262 g/mol. The van der Waals surface area contributed by atoms with Crippen molar-refractivity contribution in [3.8, 4) is 0 Å². The van der Waals surface area contributed by atoms with Gasteiger partial charge in [0.1, 0.15) is 12.4 Å². The largest absolute Gasteiger partial charge is 0.529 e. The van der Waals surface area contributed by atoms with Crippen molar-refractivity contribution in [3.05, 3.63) is 11.3 Å². The van der Waals surface area contributed by atoms with Crippen LogP contribution in [0.3, 0.4) is 0 Å². The lowest BCUT2D eigenvalue weighted by Crippen LogP contribution is -2.12. The molecule has 0 spiro atoms. The molecule has 2 atom stereocenters. The Morgan fingerprint density at radius 1 is 1.41 bits per heavy atom. The van der Waals surface area contributed by atoms with E-state index in [-0.39, 0.29) is 25.0 Å². The third-order valence-corrected chi connectivity index (χ3v) is 4.03. The molecular weight excluding hydrogens is 247 g/mol. The van der Waals surface area contributed by atoms with E-state index in [0.29, 0.717) is 11.3 Å². The Balaban J connectivity index is 2.44. The standard InChI is InChI=1S/C10H15O6P/c1-6(2)9-8-7(4-14-10(8)11)5-15-17(12,13-3)16-9/h6-7H,4-5H2,1-3H3. The first-order valence-corrected chi connectivity index (χ1v) is 6.84. The van der Waals surface area contributed by atoms with Crippen LogP contribution in [0.25, 0.3) is 0 Å². The fraction of sp³-hybridized carbons (Fsp3) is 0.700. The number of hydrogen-bond donors (Lipinski definition) is 0. The monoisotopic (exact) mass is 262 g/mol. The number of fused-ring (bicyclic) bond motifs is 1. The van der Waals surface area contributed by atoms with Gasteiger partial charge in [-0.2, -0.15) is 0 Å². The second-order valence-electron chi connectivity index (χ2n) is 4.24. The van der Waals surface area contributed by atoms with Gasteiger partial charge in [0.25, 0.3) is 0 Å². The van der Waals surface area contributed by atoms with Crippen molar-refractivity contribution in [2.75, 3.05) is 20.3 Å². The number of rotatable bonds is 2. The van der Waals surface area contributed by atoms with Gasteiger partial charge in [0.05, 0.1) is 18.1 Å². The predicted octanol–water partition coefficient (Wildman–Crippen LogP) is 1.87. The minimum absolute atomic E-state index is 0.0941. The number of cyclic esters (lactones) is 1. The third-order valence-electron chi connectivity index (χ3n) is 2.70. The van der Waals surface area contributed by atoms with Crippen molar-refractivity contribution >= 4 is 13.8 Å². The molecule has 2 rings (SSSR count). The first-order chi connectivity index (χ1) is 7.97. The number of phosphoric acid groups is 1. The molecule has 2 heterocycles. The van der Waals surface area contributed by atoms with Crippen molar-refractivity contribution in [2.24, 2.45) is 11.8 Å². The summed E-state index contributed by atoms with van der Waals surface area (Å²) in [7, 11) is -2.34. The Morgan fingerprint density at radius 2 is 2.12 bits per heavy atom. The average Bonchev–Trinajstić information content (AvgIpc) is 2.56. The van der Waals surface area contributed by atoms with Crippen molar-refractivity contribution in [1.29, 1.82) is 0 Å². The second-order valence-corrected chi connectivity index (χ2v) is 5.95. The minimum Gasteiger partial charge on any atom is -0.461 e. The number of carbonyl (C=O) groups is 1. The van der Waals surface area contributed by atoms with Gasteiger partial charge >= 0.3 is 13.8 Å². The molecule has 0 bridgehead atoms. The van der Waals surface area contributed by atoms with Crippen LogP contribution in [0.1, 0.15) is 13.8 Å². The number of hydrogen-bond acceptors (Lipinski definition) is 6. The Bertz CT molecular complexity index is 413. The highest BCUT2D eigenvalue weighted by molar-refractivity contribution is 7.48. The van der Waals surface area contributed by atoms with Crippen LogP contribution in [0.2, 0.25) is 0 Å². The first-order valence-electron chi connectivity index (χ1n) is 5.38. The summed E-state index contributed by atoms with van der Waals surface area (Å²) in [6.07, 6.45) is 0.